The zero-order chi connectivity index (χ0) is 6.69. The van der Waals surface area contributed by atoms with Crippen LogP contribution in [-0.4, -0.2) is 13.1 Å². The third kappa shape index (κ3) is 1.55. The van der Waals surface area contributed by atoms with Crippen molar-refractivity contribution >= 4 is 0 Å². The first-order valence-electron chi connectivity index (χ1n) is 3.68. The van der Waals surface area contributed by atoms with E-state index in [1.807, 2.05) is 0 Å². The minimum Gasteiger partial charge on any atom is -0.316 e. The van der Waals surface area contributed by atoms with E-state index in [2.05, 4.69) is 24.9 Å². The average molecular weight is 125 g/mol. The molecule has 0 aromatic rings. The normalized spacial score (nSPS) is 36.1. The quantitative estimate of drug-likeness (QED) is 0.523. The molecule has 1 aliphatic rings. The van der Waals surface area contributed by atoms with Gasteiger partial charge in [-0.3, -0.25) is 0 Å². The Hall–Kier alpha value is -0.300. The molecule has 0 spiro atoms. The van der Waals surface area contributed by atoms with E-state index >= 15 is 0 Å². The van der Waals surface area contributed by atoms with Gasteiger partial charge in [0.1, 0.15) is 0 Å². The van der Waals surface area contributed by atoms with Crippen molar-refractivity contribution in [1.82, 2.24) is 5.32 Å². The van der Waals surface area contributed by atoms with Crippen molar-refractivity contribution in [1.29, 1.82) is 0 Å². The van der Waals surface area contributed by atoms with E-state index in [0.717, 1.165) is 12.5 Å². The maximum atomic E-state index is 3.79. The first-order valence-corrected chi connectivity index (χ1v) is 3.68. The molecule has 52 valence electrons. The topological polar surface area (TPSA) is 12.0 Å². The van der Waals surface area contributed by atoms with Crippen LogP contribution in [0.5, 0.6) is 0 Å². The monoisotopic (exact) mass is 125 g/mol. The van der Waals surface area contributed by atoms with E-state index in [0.29, 0.717) is 5.92 Å². The van der Waals surface area contributed by atoms with E-state index in [-0.39, 0.29) is 0 Å². The van der Waals surface area contributed by atoms with E-state index in [4.69, 9.17) is 0 Å². The summed E-state index contributed by atoms with van der Waals surface area (Å²) in [6.45, 7) is 8.41. The van der Waals surface area contributed by atoms with Crippen LogP contribution in [0.1, 0.15) is 13.3 Å². The number of hydrogen-bond acceptors (Lipinski definition) is 1. The molecule has 0 radical (unpaired) electrons. The number of rotatable bonds is 1. The molecule has 1 fully saturated rings. The highest BCUT2D eigenvalue weighted by Crippen LogP contribution is 2.18. The smallest absolute Gasteiger partial charge is 0.00166 e. The molecular weight excluding hydrogens is 110 g/mol. The van der Waals surface area contributed by atoms with E-state index < -0.39 is 0 Å². The lowest BCUT2D eigenvalue weighted by Gasteiger charge is -2.26. The van der Waals surface area contributed by atoms with Gasteiger partial charge in [-0.15, -0.1) is 6.58 Å². The van der Waals surface area contributed by atoms with Gasteiger partial charge in [-0.05, 0) is 24.8 Å². The molecule has 0 aromatic carbocycles. The predicted octanol–water partition coefficient (Wildman–Crippen LogP) is 1.42. The van der Waals surface area contributed by atoms with Crippen LogP contribution in [0.25, 0.3) is 0 Å². The third-order valence-corrected chi connectivity index (χ3v) is 2.19. The molecule has 0 saturated carbocycles. The molecule has 1 N–H and O–H groups in total. The SMILES string of the molecule is C=C[C@H]1CNCC[C@H]1C. The molecule has 9 heavy (non-hydrogen) atoms. The average Bonchev–Trinajstić information content (AvgIpc) is 1.89. The summed E-state index contributed by atoms with van der Waals surface area (Å²) in [5.41, 5.74) is 0. The van der Waals surface area contributed by atoms with Crippen molar-refractivity contribution in [2.24, 2.45) is 11.8 Å². The summed E-state index contributed by atoms with van der Waals surface area (Å²) in [4.78, 5) is 0. The van der Waals surface area contributed by atoms with Crippen molar-refractivity contribution in [2.45, 2.75) is 13.3 Å². The third-order valence-electron chi connectivity index (χ3n) is 2.19. The molecule has 0 aliphatic carbocycles. The van der Waals surface area contributed by atoms with Gasteiger partial charge < -0.3 is 5.32 Å². The highest BCUT2D eigenvalue weighted by molar-refractivity contribution is 4.87. The van der Waals surface area contributed by atoms with Gasteiger partial charge in [0, 0.05) is 6.54 Å². The van der Waals surface area contributed by atoms with E-state index in [1.54, 1.807) is 0 Å². The van der Waals surface area contributed by atoms with Crippen LogP contribution >= 0.6 is 0 Å². The second-order valence-corrected chi connectivity index (χ2v) is 2.87. The van der Waals surface area contributed by atoms with Crippen molar-refractivity contribution in [3.05, 3.63) is 12.7 Å². The van der Waals surface area contributed by atoms with Crippen molar-refractivity contribution < 1.29 is 0 Å². The maximum Gasteiger partial charge on any atom is 0.00166 e. The summed E-state index contributed by atoms with van der Waals surface area (Å²) in [5.74, 6) is 1.54. The van der Waals surface area contributed by atoms with Gasteiger partial charge >= 0.3 is 0 Å². The highest BCUT2D eigenvalue weighted by Gasteiger charge is 2.16. The Bertz CT molecular complexity index is 98.7. The summed E-state index contributed by atoms with van der Waals surface area (Å²) < 4.78 is 0. The minimum absolute atomic E-state index is 0.707. The number of hydrogen-bond donors (Lipinski definition) is 1. The summed E-state index contributed by atoms with van der Waals surface area (Å²) in [6, 6.07) is 0. The van der Waals surface area contributed by atoms with Crippen LogP contribution in [-0.2, 0) is 0 Å². The van der Waals surface area contributed by atoms with Crippen molar-refractivity contribution in [3.8, 4) is 0 Å². The van der Waals surface area contributed by atoms with Gasteiger partial charge in [-0.25, -0.2) is 0 Å². The molecule has 0 unspecified atom stereocenters. The fraction of sp³-hybridized carbons (Fsp3) is 0.750. The standard InChI is InChI=1S/C8H15N/c1-3-8-6-9-5-4-7(8)2/h3,7-9H,1,4-6H2,2H3/t7-,8+/m1/s1. The Kier molecular flexibility index (Phi) is 2.29. The lowest BCUT2D eigenvalue weighted by Crippen LogP contribution is -2.34. The zero-order valence-corrected chi connectivity index (χ0v) is 6.06. The molecule has 1 saturated heterocycles. The van der Waals surface area contributed by atoms with E-state index in [1.165, 1.54) is 13.0 Å². The molecule has 1 heterocycles. The van der Waals surface area contributed by atoms with Gasteiger partial charge in [0.25, 0.3) is 0 Å². The molecule has 0 aromatic heterocycles. The fourth-order valence-electron chi connectivity index (χ4n) is 1.33. The Morgan fingerprint density at radius 1 is 1.67 bits per heavy atom. The minimum atomic E-state index is 0.707. The molecule has 0 bridgehead atoms. The second kappa shape index (κ2) is 3.02. The molecular formula is C8H15N. The molecule has 1 aliphatic heterocycles. The molecule has 1 rings (SSSR count). The van der Waals surface area contributed by atoms with Gasteiger partial charge in [-0.1, -0.05) is 13.0 Å². The molecule has 1 nitrogen and oxygen atoms in total. The van der Waals surface area contributed by atoms with Crippen molar-refractivity contribution in [3.63, 3.8) is 0 Å². The Balaban J connectivity index is 2.38. The number of piperidine rings is 1. The largest absolute Gasteiger partial charge is 0.316 e. The predicted molar refractivity (Wildman–Crippen MR) is 40.3 cm³/mol. The Morgan fingerprint density at radius 3 is 2.89 bits per heavy atom. The Morgan fingerprint density at radius 2 is 2.44 bits per heavy atom. The van der Waals surface area contributed by atoms with Crippen LogP contribution < -0.4 is 5.32 Å². The van der Waals surface area contributed by atoms with Crippen LogP contribution in [0.15, 0.2) is 12.7 Å². The lowest BCUT2D eigenvalue weighted by molar-refractivity contribution is 0.325. The van der Waals surface area contributed by atoms with Crippen molar-refractivity contribution in [2.75, 3.05) is 13.1 Å². The first-order chi connectivity index (χ1) is 4.34. The van der Waals surface area contributed by atoms with Crippen LogP contribution in [0, 0.1) is 11.8 Å². The summed E-state index contributed by atoms with van der Waals surface area (Å²) in [7, 11) is 0. The van der Waals surface area contributed by atoms with Crippen LogP contribution in [0.3, 0.4) is 0 Å². The zero-order valence-electron chi connectivity index (χ0n) is 6.06. The number of nitrogens with one attached hydrogen (secondary N) is 1. The molecule has 2 atom stereocenters. The maximum absolute atomic E-state index is 3.79. The molecule has 1 heteroatoms. The highest BCUT2D eigenvalue weighted by atomic mass is 14.9. The van der Waals surface area contributed by atoms with Gasteiger partial charge in [0.05, 0.1) is 0 Å². The van der Waals surface area contributed by atoms with Crippen LogP contribution in [0.4, 0.5) is 0 Å². The summed E-state index contributed by atoms with van der Waals surface area (Å²) >= 11 is 0. The van der Waals surface area contributed by atoms with Gasteiger partial charge in [0.2, 0.25) is 0 Å². The van der Waals surface area contributed by atoms with Gasteiger partial charge in [-0.2, -0.15) is 0 Å². The summed E-state index contributed by atoms with van der Waals surface area (Å²) in [5, 5.41) is 3.34. The van der Waals surface area contributed by atoms with Gasteiger partial charge in [0.15, 0.2) is 0 Å². The first kappa shape index (κ1) is 6.81. The Labute approximate surface area is 57.1 Å². The summed E-state index contributed by atoms with van der Waals surface area (Å²) in [6.07, 6.45) is 3.37. The van der Waals surface area contributed by atoms with Crippen LogP contribution in [0.2, 0.25) is 0 Å². The lowest BCUT2D eigenvalue weighted by atomic mass is 9.88. The fourth-order valence-corrected chi connectivity index (χ4v) is 1.33. The molecule has 0 amide bonds. The van der Waals surface area contributed by atoms with E-state index in [9.17, 15) is 0 Å². The second-order valence-electron chi connectivity index (χ2n) is 2.87.